The first-order chi connectivity index (χ1) is 8.49. The molecule has 0 fully saturated rings. The molecule has 94 valence electrons. The SMILES string of the molecule is O=C(CS(=O)(=O)c1cccc(Cl)c1)c1ccco1. The molecule has 6 heteroatoms. The summed E-state index contributed by atoms with van der Waals surface area (Å²) in [4.78, 5) is 11.7. The highest BCUT2D eigenvalue weighted by Gasteiger charge is 2.22. The van der Waals surface area contributed by atoms with Crippen molar-refractivity contribution in [2.45, 2.75) is 4.90 Å². The van der Waals surface area contributed by atoms with E-state index < -0.39 is 21.4 Å². The van der Waals surface area contributed by atoms with Crippen molar-refractivity contribution in [1.82, 2.24) is 0 Å². The molecule has 0 aliphatic rings. The predicted molar refractivity (Wildman–Crippen MR) is 66.5 cm³/mol. The molecular weight excluding hydrogens is 276 g/mol. The standard InChI is InChI=1S/C12H9ClO4S/c13-9-3-1-4-10(7-9)18(15,16)8-11(14)12-5-2-6-17-12/h1-7H,8H2. The normalized spacial score (nSPS) is 11.4. The molecule has 0 aliphatic heterocycles. The van der Waals surface area contributed by atoms with Crippen molar-refractivity contribution >= 4 is 27.2 Å². The van der Waals surface area contributed by atoms with E-state index in [0.717, 1.165) is 0 Å². The lowest BCUT2D eigenvalue weighted by Crippen LogP contribution is -2.15. The van der Waals surface area contributed by atoms with Gasteiger partial charge in [-0.05, 0) is 30.3 Å². The number of carbonyl (C=O) groups excluding carboxylic acids is 1. The summed E-state index contributed by atoms with van der Waals surface area (Å²) in [5, 5.41) is 0.307. The summed E-state index contributed by atoms with van der Waals surface area (Å²) in [5.41, 5.74) is 0. The van der Waals surface area contributed by atoms with Crippen LogP contribution in [0.2, 0.25) is 5.02 Å². The molecule has 2 aromatic rings. The van der Waals surface area contributed by atoms with Crippen LogP contribution in [-0.4, -0.2) is 20.0 Å². The van der Waals surface area contributed by atoms with Gasteiger partial charge in [-0.1, -0.05) is 17.7 Å². The van der Waals surface area contributed by atoms with Crippen LogP contribution in [0.25, 0.3) is 0 Å². The first kappa shape index (κ1) is 12.9. The van der Waals surface area contributed by atoms with Gasteiger partial charge >= 0.3 is 0 Å². The number of Topliss-reactive ketones (excluding diaryl/α,β-unsaturated/α-hetero) is 1. The summed E-state index contributed by atoms with van der Waals surface area (Å²) in [7, 11) is -3.70. The zero-order valence-electron chi connectivity index (χ0n) is 9.17. The number of rotatable bonds is 4. The van der Waals surface area contributed by atoms with E-state index in [0.29, 0.717) is 5.02 Å². The summed E-state index contributed by atoms with van der Waals surface area (Å²) < 4.78 is 28.8. The van der Waals surface area contributed by atoms with Crippen molar-refractivity contribution in [3.05, 3.63) is 53.4 Å². The highest BCUT2D eigenvalue weighted by atomic mass is 35.5. The Bertz CT molecular complexity index is 659. The van der Waals surface area contributed by atoms with Crippen molar-refractivity contribution in [3.8, 4) is 0 Å². The molecule has 0 atom stereocenters. The van der Waals surface area contributed by atoms with Gasteiger partial charge < -0.3 is 4.42 Å². The summed E-state index contributed by atoms with van der Waals surface area (Å²) in [6.07, 6.45) is 1.32. The monoisotopic (exact) mass is 284 g/mol. The maximum atomic E-state index is 12.0. The molecule has 0 spiro atoms. The van der Waals surface area contributed by atoms with E-state index in [1.807, 2.05) is 0 Å². The molecule has 2 rings (SSSR count). The molecule has 0 aliphatic carbocycles. The maximum absolute atomic E-state index is 12.0. The average molecular weight is 285 g/mol. The molecular formula is C12H9ClO4S. The van der Waals surface area contributed by atoms with Gasteiger partial charge in [0.15, 0.2) is 15.6 Å². The van der Waals surface area contributed by atoms with Crippen molar-refractivity contribution in [3.63, 3.8) is 0 Å². The minimum Gasteiger partial charge on any atom is -0.461 e. The first-order valence-electron chi connectivity index (χ1n) is 5.04. The number of hydrogen-bond acceptors (Lipinski definition) is 4. The number of furan rings is 1. The van der Waals surface area contributed by atoms with Crippen LogP contribution in [0.1, 0.15) is 10.6 Å². The third-order valence-corrected chi connectivity index (χ3v) is 4.12. The lowest BCUT2D eigenvalue weighted by molar-refractivity contribution is 0.0990. The molecule has 0 saturated carbocycles. The molecule has 0 amide bonds. The molecule has 0 saturated heterocycles. The van der Waals surface area contributed by atoms with Crippen molar-refractivity contribution in [2.24, 2.45) is 0 Å². The Morgan fingerprint density at radius 1 is 1.22 bits per heavy atom. The Labute approximate surface area is 109 Å². The van der Waals surface area contributed by atoms with E-state index in [4.69, 9.17) is 16.0 Å². The van der Waals surface area contributed by atoms with Crippen LogP contribution in [0.15, 0.2) is 52.0 Å². The van der Waals surface area contributed by atoms with E-state index in [1.165, 1.54) is 36.6 Å². The zero-order chi connectivity index (χ0) is 13.2. The minimum atomic E-state index is -3.70. The van der Waals surface area contributed by atoms with Crippen LogP contribution in [0, 0.1) is 0 Å². The number of sulfone groups is 1. The van der Waals surface area contributed by atoms with E-state index in [2.05, 4.69) is 0 Å². The largest absolute Gasteiger partial charge is 0.461 e. The topological polar surface area (TPSA) is 64.3 Å². The second-order valence-electron chi connectivity index (χ2n) is 3.62. The Morgan fingerprint density at radius 3 is 2.61 bits per heavy atom. The van der Waals surface area contributed by atoms with Gasteiger partial charge in [0, 0.05) is 5.02 Å². The Kier molecular flexibility index (Phi) is 3.54. The van der Waals surface area contributed by atoms with Gasteiger partial charge in [-0.25, -0.2) is 8.42 Å². The molecule has 1 aromatic heterocycles. The number of halogens is 1. The molecule has 1 aromatic carbocycles. The fourth-order valence-corrected chi connectivity index (χ4v) is 2.93. The van der Waals surface area contributed by atoms with E-state index in [9.17, 15) is 13.2 Å². The van der Waals surface area contributed by atoms with E-state index in [1.54, 1.807) is 6.07 Å². The molecule has 0 radical (unpaired) electrons. The predicted octanol–water partition coefficient (Wildman–Crippen LogP) is 2.59. The molecule has 0 bridgehead atoms. The van der Waals surface area contributed by atoms with Crippen LogP contribution in [0.4, 0.5) is 0 Å². The van der Waals surface area contributed by atoms with Crippen molar-refractivity contribution in [1.29, 1.82) is 0 Å². The van der Waals surface area contributed by atoms with E-state index in [-0.39, 0.29) is 10.7 Å². The van der Waals surface area contributed by atoms with Crippen LogP contribution in [0.5, 0.6) is 0 Å². The molecule has 18 heavy (non-hydrogen) atoms. The number of hydrogen-bond donors (Lipinski definition) is 0. The number of carbonyl (C=O) groups is 1. The maximum Gasteiger partial charge on any atom is 0.213 e. The van der Waals surface area contributed by atoms with Crippen LogP contribution in [0.3, 0.4) is 0 Å². The quantitative estimate of drug-likeness (QED) is 0.810. The Morgan fingerprint density at radius 2 is 2.00 bits per heavy atom. The fourth-order valence-electron chi connectivity index (χ4n) is 1.42. The van der Waals surface area contributed by atoms with Gasteiger partial charge in [-0.15, -0.1) is 0 Å². The van der Waals surface area contributed by atoms with Gasteiger partial charge in [-0.2, -0.15) is 0 Å². The Hall–Kier alpha value is -1.59. The second-order valence-corrected chi connectivity index (χ2v) is 6.04. The average Bonchev–Trinajstić information content (AvgIpc) is 2.82. The Balaban J connectivity index is 2.25. The minimum absolute atomic E-state index is 0.0231. The first-order valence-corrected chi connectivity index (χ1v) is 7.07. The van der Waals surface area contributed by atoms with Crippen LogP contribution < -0.4 is 0 Å². The lowest BCUT2D eigenvalue weighted by Gasteiger charge is -2.03. The summed E-state index contributed by atoms with van der Waals surface area (Å²) in [6, 6.07) is 8.75. The third kappa shape index (κ3) is 2.80. The smallest absolute Gasteiger partial charge is 0.213 e. The molecule has 0 unspecified atom stereocenters. The van der Waals surface area contributed by atoms with Gasteiger partial charge in [0.25, 0.3) is 0 Å². The van der Waals surface area contributed by atoms with Crippen LogP contribution >= 0.6 is 11.6 Å². The van der Waals surface area contributed by atoms with Gasteiger partial charge in [0.05, 0.1) is 11.2 Å². The van der Waals surface area contributed by atoms with Crippen LogP contribution in [-0.2, 0) is 9.84 Å². The summed E-state index contributed by atoms with van der Waals surface area (Å²) in [6.45, 7) is 0. The molecule has 0 N–H and O–H groups in total. The van der Waals surface area contributed by atoms with Crippen molar-refractivity contribution < 1.29 is 17.6 Å². The zero-order valence-corrected chi connectivity index (χ0v) is 10.7. The lowest BCUT2D eigenvalue weighted by atomic mass is 10.3. The summed E-state index contributed by atoms with van der Waals surface area (Å²) in [5.74, 6) is -1.19. The van der Waals surface area contributed by atoms with E-state index >= 15 is 0 Å². The van der Waals surface area contributed by atoms with Gasteiger partial charge in [0.1, 0.15) is 5.75 Å². The molecule has 1 heterocycles. The highest BCUT2D eigenvalue weighted by Crippen LogP contribution is 2.17. The fraction of sp³-hybridized carbons (Fsp3) is 0.0833. The number of ketones is 1. The third-order valence-electron chi connectivity index (χ3n) is 2.27. The number of benzene rings is 1. The van der Waals surface area contributed by atoms with Gasteiger partial charge in [0.2, 0.25) is 5.78 Å². The molecule has 4 nitrogen and oxygen atoms in total. The van der Waals surface area contributed by atoms with Gasteiger partial charge in [-0.3, -0.25) is 4.79 Å². The second kappa shape index (κ2) is 4.96. The van der Waals surface area contributed by atoms with Crippen molar-refractivity contribution in [2.75, 3.05) is 5.75 Å². The summed E-state index contributed by atoms with van der Waals surface area (Å²) >= 11 is 5.72. The highest BCUT2D eigenvalue weighted by molar-refractivity contribution is 7.92.